The molecule has 138 valence electrons. The Morgan fingerprint density at radius 2 is 2.12 bits per heavy atom. The maximum atomic E-state index is 12.9. The van der Waals surface area contributed by atoms with Crippen molar-refractivity contribution in [3.05, 3.63) is 36.3 Å². The van der Waals surface area contributed by atoms with Crippen LogP contribution in [0.3, 0.4) is 0 Å². The number of allylic oxidation sites excluding steroid dienone is 2. The first kappa shape index (κ1) is 16.1. The van der Waals surface area contributed by atoms with Crippen molar-refractivity contribution in [1.82, 2.24) is 0 Å². The average molecular weight is 358 g/mol. The van der Waals surface area contributed by atoms with Crippen LogP contribution in [-0.4, -0.2) is 29.3 Å². The van der Waals surface area contributed by atoms with Crippen molar-refractivity contribution in [2.45, 2.75) is 44.3 Å². The number of furan rings is 1. The number of cyclic esters (lactones) is 2. The van der Waals surface area contributed by atoms with E-state index in [1.54, 1.807) is 18.6 Å². The van der Waals surface area contributed by atoms with Crippen molar-refractivity contribution in [2.75, 3.05) is 6.61 Å². The Bertz CT molecular complexity index is 797. The Morgan fingerprint density at radius 1 is 1.27 bits per heavy atom. The molecule has 3 fully saturated rings. The van der Waals surface area contributed by atoms with E-state index < -0.39 is 23.1 Å². The highest BCUT2D eigenvalue weighted by atomic mass is 16.6. The molecule has 1 aromatic rings. The van der Waals surface area contributed by atoms with Crippen molar-refractivity contribution in [2.24, 2.45) is 22.7 Å². The first-order chi connectivity index (χ1) is 12.4. The summed E-state index contributed by atoms with van der Waals surface area (Å²) < 4.78 is 16.2. The lowest BCUT2D eigenvalue weighted by Crippen LogP contribution is -2.67. The summed E-state index contributed by atoms with van der Waals surface area (Å²) in [4.78, 5) is 25.2. The third-order valence-corrected chi connectivity index (χ3v) is 7.48. The third-order valence-electron chi connectivity index (χ3n) is 7.48. The van der Waals surface area contributed by atoms with E-state index >= 15 is 0 Å². The monoisotopic (exact) mass is 358 g/mol. The van der Waals surface area contributed by atoms with E-state index in [0.717, 1.165) is 5.56 Å². The van der Waals surface area contributed by atoms with Crippen molar-refractivity contribution in [1.29, 1.82) is 0 Å². The van der Waals surface area contributed by atoms with Crippen LogP contribution in [-0.2, 0) is 19.1 Å². The number of ether oxygens (including phenoxy) is 2. The summed E-state index contributed by atoms with van der Waals surface area (Å²) in [5.74, 6) is -1.04. The molecule has 2 aliphatic heterocycles. The summed E-state index contributed by atoms with van der Waals surface area (Å²) in [6.45, 7) is 2.32. The zero-order valence-electron chi connectivity index (χ0n) is 14.6. The topological polar surface area (TPSA) is 86.0 Å². The molecule has 3 heterocycles. The summed E-state index contributed by atoms with van der Waals surface area (Å²) >= 11 is 0. The summed E-state index contributed by atoms with van der Waals surface area (Å²) in [7, 11) is 0. The van der Waals surface area contributed by atoms with Crippen molar-refractivity contribution >= 4 is 11.9 Å². The molecule has 6 heteroatoms. The molecular weight excluding hydrogens is 336 g/mol. The molecule has 1 aromatic heterocycles. The molecular formula is C20H22O6. The van der Waals surface area contributed by atoms with Crippen LogP contribution in [0.5, 0.6) is 0 Å². The van der Waals surface area contributed by atoms with Gasteiger partial charge in [0.2, 0.25) is 0 Å². The third kappa shape index (κ3) is 1.76. The number of carbonyl (C=O) groups is 2. The van der Waals surface area contributed by atoms with Gasteiger partial charge in [-0.15, -0.1) is 0 Å². The van der Waals surface area contributed by atoms with Crippen LogP contribution in [0.25, 0.3) is 0 Å². The molecule has 6 atom stereocenters. The van der Waals surface area contributed by atoms with Gasteiger partial charge >= 0.3 is 11.9 Å². The van der Waals surface area contributed by atoms with Gasteiger partial charge in [-0.3, -0.25) is 4.79 Å². The van der Waals surface area contributed by atoms with Crippen LogP contribution in [0, 0.1) is 22.7 Å². The normalized spacial score (nSPS) is 46.8. The predicted molar refractivity (Wildman–Crippen MR) is 88.6 cm³/mol. The van der Waals surface area contributed by atoms with Gasteiger partial charge in [-0.25, -0.2) is 4.79 Å². The molecule has 2 saturated heterocycles. The highest BCUT2D eigenvalue weighted by Gasteiger charge is 2.71. The van der Waals surface area contributed by atoms with Crippen LogP contribution in [0.1, 0.15) is 44.3 Å². The molecule has 0 bridgehead atoms. The van der Waals surface area contributed by atoms with E-state index in [1.165, 1.54) is 0 Å². The van der Waals surface area contributed by atoms with E-state index in [9.17, 15) is 14.7 Å². The molecule has 6 unspecified atom stereocenters. The number of hydrogen-bond acceptors (Lipinski definition) is 6. The number of esters is 2. The van der Waals surface area contributed by atoms with Crippen LogP contribution in [0.2, 0.25) is 0 Å². The summed E-state index contributed by atoms with van der Waals surface area (Å²) in [6, 6.07) is 1.78. The SMILES string of the molecule is CC12CC(c3ccoc3)OC(=O)C1(O)CCC13COC(=O)C1CC=CC32. The summed E-state index contributed by atoms with van der Waals surface area (Å²) in [6.07, 6.45) is 8.77. The van der Waals surface area contributed by atoms with Crippen molar-refractivity contribution in [3.63, 3.8) is 0 Å². The van der Waals surface area contributed by atoms with Gasteiger partial charge in [0.25, 0.3) is 0 Å². The van der Waals surface area contributed by atoms with Gasteiger partial charge in [0, 0.05) is 16.4 Å². The fourth-order valence-corrected chi connectivity index (χ4v) is 5.95. The number of fused-ring (bicyclic) bond motifs is 2. The minimum atomic E-state index is -1.55. The smallest absolute Gasteiger partial charge is 0.339 e. The van der Waals surface area contributed by atoms with E-state index in [4.69, 9.17) is 13.9 Å². The molecule has 26 heavy (non-hydrogen) atoms. The Morgan fingerprint density at radius 3 is 2.88 bits per heavy atom. The highest BCUT2D eigenvalue weighted by molar-refractivity contribution is 5.83. The molecule has 4 aliphatic rings. The molecule has 1 spiro atoms. The van der Waals surface area contributed by atoms with Gasteiger partial charge in [-0.1, -0.05) is 19.1 Å². The van der Waals surface area contributed by atoms with Gasteiger partial charge in [0.15, 0.2) is 5.60 Å². The van der Waals surface area contributed by atoms with E-state index in [-0.39, 0.29) is 29.6 Å². The Balaban J connectivity index is 1.62. The second-order valence-corrected chi connectivity index (χ2v) is 8.47. The Kier molecular flexibility index (Phi) is 3.10. The largest absolute Gasteiger partial charge is 0.472 e. The van der Waals surface area contributed by atoms with Gasteiger partial charge in [0.05, 0.1) is 25.1 Å². The molecule has 1 N–H and O–H groups in total. The lowest BCUT2D eigenvalue weighted by molar-refractivity contribution is -0.242. The molecule has 2 aliphatic carbocycles. The maximum absolute atomic E-state index is 12.9. The zero-order chi connectivity index (χ0) is 18.2. The van der Waals surface area contributed by atoms with Crippen LogP contribution in [0.15, 0.2) is 35.2 Å². The fourth-order valence-electron chi connectivity index (χ4n) is 5.95. The maximum Gasteiger partial charge on any atom is 0.339 e. The lowest BCUT2D eigenvalue weighted by atomic mass is 9.44. The molecule has 1 saturated carbocycles. The van der Waals surface area contributed by atoms with Crippen LogP contribution in [0.4, 0.5) is 0 Å². The number of hydrogen-bond donors (Lipinski definition) is 1. The number of carbonyl (C=O) groups excluding carboxylic acids is 2. The minimum absolute atomic E-state index is 0.124. The Hall–Kier alpha value is -2.08. The van der Waals surface area contributed by atoms with Crippen LogP contribution < -0.4 is 0 Å². The first-order valence-corrected chi connectivity index (χ1v) is 9.20. The van der Waals surface area contributed by atoms with E-state index in [2.05, 4.69) is 6.08 Å². The molecule has 6 nitrogen and oxygen atoms in total. The average Bonchev–Trinajstić information content (AvgIpc) is 3.26. The number of rotatable bonds is 1. The highest BCUT2D eigenvalue weighted by Crippen LogP contribution is 2.67. The molecule has 0 amide bonds. The molecule has 5 rings (SSSR count). The van der Waals surface area contributed by atoms with Gasteiger partial charge in [-0.2, -0.15) is 0 Å². The first-order valence-electron chi connectivity index (χ1n) is 9.20. The van der Waals surface area contributed by atoms with E-state index in [0.29, 0.717) is 25.9 Å². The van der Waals surface area contributed by atoms with Crippen LogP contribution >= 0.6 is 0 Å². The summed E-state index contributed by atoms with van der Waals surface area (Å²) in [5.41, 5.74) is -1.85. The zero-order valence-corrected chi connectivity index (χ0v) is 14.6. The molecule has 0 aromatic carbocycles. The van der Waals surface area contributed by atoms with Crippen molar-refractivity contribution in [3.8, 4) is 0 Å². The summed E-state index contributed by atoms with van der Waals surface area (Å²) in [5, 5.41) is 11.4. The second kappa shape index (κ2) is 5.00. The quantitative estimate of drug-likeness (QED) is 0.613. The minimum Gasteiger partial charge on any atom is -0.472 e. The van der Waals surface area contributed by atoms with Gasteiger partial charge < -0.3 is 19.0 Å². The van der Waals surface area contributed by atoms with Crippen molar-refractivity contribution < 1.29 is 28.6 Å². The fraction of sp³-hybridized carbons (Fsp3) is 0.600. The standard InChI is InChI=1S/C20H22O6/c1-18-9-14(12-5-8-24-10-12)26-17(22)20(18,23)7-6-19-11-25-16(21)13(19)3-2-4-15(18)19/h2,4-5,8,10,13-15,23H,3,6-7,9,11H2,1H3. The van der Waals surface area contributed by atoms with Gasteiger partial charge in [-0.05, 0) is 37.7 Å². The Labute approximate surface area is 151 Å². The predicted octanol–water partition coefficient (Wildman–Crippen LogP) is 2.53. The lowest BCUT2D eigenvalue weighted by Gasteiger charge is -2.61. The second-order valence-electron chi connectivity index (χ2n) is 8.47. The number of aliphatic hydroxyl groups is 1. The van der Waals surface area contributed by atoms with Gasteiger partial charge in [0.1, 0.15) is 6.10 Å². The molecule has 0 radical (unpaired) electrons. The van der Waals surface area contributed by atoms with E-state index in [1.807, 2.05) is 13.0 Å².